The monoisotopic (exact) mass is 232 g/mol. The summed E-state index contributed by atoms with van der Waals surface area (Å²) in [5, 5.41) is 0. The van der Waals surface area contributed by atoms with Crippen molar-refractivity contribution in [2.24, 2.45) is 10.9 Å². The molecule has 94 valence electrons. The quantitative estimate of drug-likeness (QED) is 0.702. The van der Waals surface area contributed by atoms with E-state index >= 15 is 0 Å². The maximum atomic E-state index is 4.23. The number of nitrogens with zero attached hydrogens (tertiary/aromatic N) is 2. The molecule has 1 aromatic rings. The maximum absolute atomic E-state index is 4.23. The number of aromatic nitrogens is 1. The molecule has 0 saturated heterocycles. The highest BCUT2D eigenvalue weighted by Gasteiger charge is 2.21. The van der Waals surface area contributed by atoms with Crippen molar-refractivity contribution in [2.75, 3.05) is 7.05 Å². The molecule has 0 saturated carbocycles. The molecule has 0 aromatic carbocycles. The number of aliphatic imine (C=N–C) groups is 1. The van der Waals surface area contributed by atoms with Crippen LogP contribution in [0.1, 0.15) is 45.9 Å². The van der Waals surface area contributed by atoms with E-state index in [1.165, 1.54) is 11.3 Å². The highest BCUT2D eigenvalue weighted by Crippen LogP contribution is 2.29. The van der Waals surface area contributed by atoms with Crippen LogP contribution in [-0.2, 0) is 5.54 Å². The van der Waals surface area contributed by atoms with E-state index in [1.54, 1.807) is 7.05 Å². The van der Waals surface area contributed by atoms with E-state index in [4.69, 9.17) is 0 Å². The van der Waals surface area contributed by atoms with Crippen molar-refractivity contribution < 1.29 is 0 Å². The Balaban J connectivity index is 3.40. The SMILES string of the molecule is C=C(c1c(C=NC)ccn1C(C)(C)C)C(C)C. The van der Waals surface area contributed by atoms with Gasteiger partial charge in [-0.3, -0.25) is 4.99 Å². The van der Waals surface area contributed by atoms with Crippen LogP contribution in [0.3, 0.4) is 0 Å². The van der Waals surface area contributed by atoms with Crippen molar-refractivity contribution in [2.45, 2.75) is 40.2 Å². The molecule has 0 spiro atoms. The first-order valence-corrected chi connectivity index (χ1v) is 6.12. The predicted octanol–water partition coefficient (Wildman–Crippen LogP) is 3.96. The Morgan fingerprint density at radius 2 is 2.00 bits per heavy atom. The van der Waals surface area contributed by atoms with Gasteiger partial charge in [-0.1, -0.05) is 20.4 Å². The van der Waals surface area contributed by atoms with Gasteiger partial charge < -0.3 is 4.57 Å². The Morgan fingerprint density at radius 1 is 1.41 bits per heavy atom. The molecule has 0 fully saturated rings. The third-order valence-corrected chi connectivity index (χ3v) is 2.91. The summed E-state index contributed by atoms with van der Waals surface area (Å²) in [6, 6.07) is 2.11. The number of rotatable bonds is 3. The van der Waals surface area contributed by atoms with Crippen molar-refractivity contribution in [3.63, 3.8) is 0 Å². The normalized spacial score (nSPS) is 12.6. The van der Waals surface area contributed by atoms with Gasteiger partial charge in [0.1, 0.15) is 0 Å². The summed E-state index contributed by atoms with van der Waals surface area (Å²) in [5.74, 6) is 0.440. The Bertz CT molecular complexity index is 428. The van der Waals surface area contributed by atoms with Gasteiger partial charge in [0.05, 0.1) is 5.69 Å². The van der Waals surface area contributed by atoms with E-state index < -0.39 is 0 Å². The molecule has 0 amide bonds. The van der Waals surface area contributed by atoms with Gasteiger partial charge in [0.15, 0.2) is 0 Å². The van der Waals surface area contributed by atoms with E-state index in [0.717, 1.165) is 5.56 Å². The zero-order chi connectivity index (χ0) is 13.2. The molecule has 0 atom stereocenters. The van der Waals surface area contributed by atoms with Crippen molar-refractivity contribution in [3.8, 4) is 0 Å². The lowest BCUT2D eigenvalue weighted by molar-refractivity contribution is 0.394. The molecule has 0 aliphatic heterocycles. The van der Waals surface area contributed by atoms with Crippen LogP contribution < -0.4 is 0 Å². The minimum atomic E-state index is 0.0625. The minimum absolute atomic E-state index is 0.0625. The summed E-state index contributed by atoms with van der Waals surface area (Å²) in [6.07, 6.45) is 4.03. The molecule has 0 aliphatic rings. The van der Waals surface area contributed by atoms with Crippen LogP contribution >= 0.6 is 0 Å². The van der Waals surface area contributed by atoms with E-state index in [1.807, 2.05) is 6.21 Å². The summed E-state index contributed by atoms with van der Waals surface area (Å²) in [4.78, 5) is 4.12. The highest BCUT2D eigenvalue weighted by atomic mass is 15.0. The number of hydrogen-bond acceptors (Lipinski definition) is 1. The first-order chi connectivity index (χ1) is 7.79. The van der Waals surface area contributed by atoms with Gasteiger partial charge in [0, 0.05) is 30.6 Å². The fourth-order valence-electron chi connectivity index (χ4n) is 1.86. The lowest BCUT2D eigenvalue weighted by Gasteiger charge is -2.26. The molecular weight excluding hydrogens is 208 g/mol. The van der Waals surface area contributed by atoms with Crippen LogP contribution in [0.25, 0.3) is 5.57 Å². The molecule has 0 unspecified atom stereocenters. The summed E-state index contributed by atoms with van der Waals surface area (Å²) < 4.78 is 2.28. The largest absolute Gasteiger partial charge is 0.342 e. The second-order valence-electron chi connectivity index (χ2n) is 5.73. The van der Waals surface area contributed by atoms with Crippen molar-refractivity contribution in [1.29, 1.82) is 0 Å². The van der Waals surface area contributed by atoms with Crippen LogP contribution in [0.15, 0.2) is 23.8 Å². The topological polar surface area (TPSA) is 17.3 Å². The molecule has 2 heteroatoms. The summed E-state index contributed by atoms with van der Waals surface area (Å²) >= 11 is 0. The van der Waals surface area contributed by atoms with Gasteiger partial charge in [0.2, 0.25) is 0 Å². The molecular formula is C15H24N2. The smallest absolute Gasteiger partial charge is 0.0529 e. The van der Waals surface area contributed by atoms with Crippen LogP contribution in [0.2, 0.25) is 0 Å². The van der Waals surface area contributed by atoms with Crippen LogP contribution in [0, 0.1) is 5.92 Å². The fourth-order valence-corrected chi connectivity index (χ4v) is 1.86. The molecule has 1 rings (SSSR count). The van der Waals surface area contributed by atoms with E-state index in [0.29, 0.717) is 5.92 Å². The molecule has 1 aromatic heterocycles. The van der Waals surface area contributed by atoms with Crippen LogP contribution in [0.5, 0.6) is 0 Å². The third-order valence-electron chi connectivity index (χ3n) is 2.91. The third kappa shape index (κ3) is 2.87. The molecule has 0 radical (unpaired) electrons. The van der Waals surface area contributed by atoms with Crippen molar-refractivity contribution >= 4 is 11.8 Å². The zero-order valence-corrected chi connectivity index (χ0v) is 11.9. The Kier molecular flexibility index (Phi) is 3.97. The van der Waals surface area contributed by atoms with E-state index in [-0.39, 0.29) is 5.54 Å². The van der Waals surface area contributed by atoms with Gasteiger partial charge >= 0.3 is 0 Å². The fraction of sp³-hybridized carbons (Fsp3) is 0.533. The summed E-state index contributed by atoms with van der Waals surface area (Å²) in [5.41, 5.74) is 3.59. The zero-order valence-electron chi connectivity index (χ0n) is 11.9. The molecule has 0 aliphatic carbocycles. The van der Waals surface area contributed by atoms with Crippen molar-refractivity contribution in [3.05, 3.63) is 30.1 Å². The molecule has 17 heavy (non-hydrogen) atoms. The van der Waals surface area contributed by atoms with Gasteiger partial charge in [0.25, 0.3) is 0 Å². The van der Waals surface area contributed by atoms with Gasteiger partial charge in [-0.05, 0) is 38.3 Å². The highest BCUT2D eigenvalue weighted by molar-refractivity contribution is 5.87. The van der Waals surface area contributed by atoms with Crippen LogP contribution in [0.4, 0.5) is 0 Å². The standard InChI is InChI=1S/C15H24N2/c1-11(2)12(3)14-13(10-16-7)8-9-17(14)15(4,5)6/h8-11H,3H2,1-2,4-7H3. The second-order valence-corrected chi connectivity index (χ2v) is 5.73. The predicted molar refractivity (Wildman–Crippen MR) is 76.8 cm³/mol. The summed E-state index contributed by atoms with van der Waals surface area (Å²) in [7, 11) is 1.80. The minimum Gasteiger partial charge on any atom is -0.342 e. The average molecular weight is 232 g/mol. The lowest BCUT2D eigenvalue weighted by Crippen LogP contribution is -2.23. The van der Waals surface area contributed by atoms with Gasteiger partial charge in [-0.15, -0.1) is 0 Å². The molecule has 0 bridgehead atoms. The van der Waals surface area contributed by atoms with E-state index in [9.17, 15) is 0 Å². The number of hydrogen-bond donors (Lipinski definition) is 0. The first-order valence-electron chi connectivity index (χ1n) is 6.12. The van der Waals surface area contributed by atoms with E-state index in [2.05, 4.69) is 63.0 Å². The van der Waals surface area contributed by atoms with Gasteiger partial charge in [-0.25, -0.2) is 0 Å². The summed E-state index contributed by atoms with van der Waals surface area (Å²) in [6.45, 7) is 15.2. The Hall–Kier alpha value is -1.31. The van der Waals surface area contributed by atoms with Crippen LogP contribution in [-0.4, -0.2) is 17.8 Å². The van der Waals surface area contributed by atoms with Gasteiger partial charge in [-0.2, -0.15) is 0 Å². The second kappa shape index (κ2) is 4.91. The molecule has 0 N–H and O–H groups in total. The Labute approximate surface area is 105 Å². The Morgan fingerprint density at radius 3 is 2.41 bits per heavy atom. The lowest BCUT2D eigenvalue weighted by atomic mass is 9.97. The first kappa shape index (κ1) is 13.8. The average Bonchev–Trinajstić information content (AvgIpc) is 2.60. The maximum Gasteiger partial charge on any atom is 0.0529 e. The number of allylic oxidation sites excluding steroid dienone is 1. The molecule has 1 heterocycles. The molecule has 2 nitrogen and oxygen atoms in total. The van der Waals surface area contributed by atoms with Crippen molar-refractivity contribution in [1.82, 2.24) is 4.57 Å².